The summed E-state index contributed by atoms with van der Waals surface area (Å²) < 4.78 is 49.6. The van der Waals surface area contributed by atoms with Crippen LogP contribution in [0.3, 0.4) is 0 Å². The molecule has 0 saturated carbocycles. The number of aliphatic hydroxyl groups excluding tert-OH is 1. The van der Waals surface area contributed by atoms with Crippen molar-refractivity contribution in [2.75, 3.05) is 0 Å². The first-order valence-electron chi connectivity index (χ1n) is 9.73. The van der Waals surface area contributed by atoms with Gasteiger partial charge in [0.05, 0.1) is 22.4 Å². The summed E-state index contributed by atoms with van der Waals surface area (Å²) >= 11 is 0. The van der Waals surface area contributed by atoms with Gasteiger partial charge in [0, 0.05) is 6.42 Å². The average molecular weight is 406 g/mol. The van der Waals surface area contributed by atoms with Gasteiger partial charge in [-0.25, -0.2) is 8.78 Å². The van der Waals surface area contributed by atoms with Crippen molar-refractivity contribution in [3.8, 4) is 0 Å². The van der Waals surface area contributed by atoms with Crippen LogP contribution in [0.15, 0.2) is 24.3 Å². The van der Waals surface area contributed by atoms with E-state index in [-0.39, 0.29) is 5.56 Å². The lowest BCUT2D eigenvalue weighted by Crippen LogP contribution is -2.55. The first-order valence-corrected chi connectivity index (χ1v) is 9.73. The van der Waals surface area contributed by atoms with E-state index in [4.69, 9.17) is 26.4 Å². The van der Waals surface area contributed by atoms with Gasteiger partial charge in [0.2, 0.25) is 0 Å². The third-order valence-electron chi connectivity index (χ3n) is 6.57. The van der Waals surface area contributed by atoms with Gasteiger partial charge >= 0.3 is 14.1 Å². The molecule has 0 amide bonds. The van der Waals surface area contributed by atoms with Crippen LogP contribution in [0.1, 0.15) is 59.6 Å². The van der Waals surface area contributed by atoms with Gasteiger partial charge in [-0.2, -0.15) is 0 Å². The Kier molecular flexibility index (Phi) is 5.76. The zero-order valence-electron chi connectivity index (χ0n) is 17.7. The fourth-order valence-corrected chi connectivity index (χ4v) is 3.92. The van der Waals surface area contributed by atoms with Crippen molar-refractivity contribution < 1.29 is 32.5 Å². The molecule has 2 aliphatic rings. The Balaban J connectivity index is 1.81. The standard InChI is InChI=1S/C19H27B3F2O5/c1-16(2)18(5,11-19(6)17(3,4)27-22(20)29-19)28-21(26-16)13-9-7-12(8-10-13)14(25)15(23)24/h7-10,14-15,25H,11H2,1-6H3. The summed E-state index contributed by atoms with van der Waals surface area (Å²) in [7, 11) is 4.36. The smallest absolute Gasteiger partial charge is 0.411 e. The van der Waals surface area contributed by atoms with Crippen molar-refractivity contribution >= 4 is 27.3 Å². The van der Waals surface area contributed by atoms with Crippen LogP contribution in [0.4, 0.5) is 8.78 Å². The lowest BCUT2D eigenvalue weighted by molar-refractivity contribution is -0.0966. The second-order valence-corrected chi connectivity index (χ2v) is 9.28. The molecule has 0 aliphatic carbocycles. The minimum atomic E-state index is -2.84. The molecular formula is C19H27B3F2O5. The third-order valence-corrected chi connectivity index (χ3v) is 6.57. The van der Waals surface area contributed by atoms with Crippen LogP contribution in [0.25, 0.3) is 0 Å². The Morgan fingerprint density at radius 3 is 1.90 bits per heavy atom. The number of hydrogen-bond donors (Lipinski definition) is 1. The van der Waals surface area contributed by atoms with Gasteiger partial charge in [0.25, 0.3) is 6.43 Å². The molecule has 1 aromatic carbocycles. The Labute approximate surface area is 173 Å². The molecule has 0 bridgehead atoms. The van der Waals surface area contributed by atoms with Crippen LogP contribution in [-0.4, -0.2) is 55.8 Å². The summed E-state index contributed by atoms with van der Waals surface area (Å²) in [5, 5.41) is 9.53. The van der Waals surface area contributed by atoms with Crippen LogP contribution in [-0.2, 0) is 18.6 Å². The molecule has 156 valence electrons. The quantitative estimate of drug-likeness (QED) is 0.762. The topological polar surface area (TPSA) is 57.2 Å². The maximum atomic E-state index is 12.7. The molecule has 2 radical (unpaired) electrons. The van der Waals surface area contributed by atoms with E-state index in [2.05, 4.69) is 0 Å². The molecule has 0 aromatic heterocycles. The maximum absolute atomic E-state index is 12.7. The van der Waals surface area contributed by atoms with Crippen LogP contribution in [0, 0.1) is 0 Å². The van der Waals surface area contributed by atoms with Gasteiger partial charge in [-0.1, -0.05) is 24.3 Å². The predicted molar refractivity (Wildman–Crippen MR) is 108 cm³/mol. The second-order valence-electron chi connectivity index (χ2n) is 9.28. The molecule has 3 rings (SSSR count). The summed E-state index contributed by atoms with van der Waals surface area (Å²) in [6.07, 6.45) is -4.19. The Morgan fingerprint density at radius 1 is 0.897 bits per heavy atom. The number of benzene rings is 1. The highest BCUT2D eigenvalue weighted by atomic mass is 19.3. The highest BCUT2D eigenvalue weighted by molar-refractivity contribution is 6.95. The molecule has 10 heteroatoms. The van der Waals surface area contributed by atoms with Crippen molar-refractivity contribution in [1.29, 1.82) is 0 Å². The van der Waals surface area contributed by atoms with E-state index in [1.54, 1.807) is 12.1 Å². The summed E-state index contributed by atoms with van der Waals surface area (Å²) in [4.78, 5) is 0. The van der Waals surface area contributed by atoms with E-state index < -0.39 is 49.1 Å². The average Bonchev–Trinajstić information content (AvgIpc) is 2.93. The second kappa shape index (κ2) is 7.34. The first kappa shape index (κ1) is 22.8. The number of rotatable bonds is 5. The van der Waals surface area contributed by atoms with E-state index in [9.17, 15) is 13.9 Å². The van der Waals surface area contributed by atoms with Gasteiger partial charge < -0.3 is 23.7 Å². The third kappa shape index (κ3) is 4.02. The monoisotopic (exact) mass is 406 g/mol. The molecule has 5 nitrogen and oxygen atoms in total. The van der Waals surface area contributed by atoms with Crippen molar-refractivity contribution in [1.82, 2.24) is 0 Å². The van der Waals surface area contributed by atoms with Gasteiger partial charge in [-0.3, -0.25) is 0 Å². The van der Waals surface area contributed by atoms with E-state index in [0.29, 0.717) is 11.9 Å². The van der Waals surface area contributed by atoms with Crippen molar-refractivity contribution in [2.45, 2.75) is 82.9 Å². The first-order chi connectivity index (χ1) is 13.2. The van der Waals surface area contributed by atoms with Gasteiger partial charge in [0.1, 0.15) is 13.8 Å². The Morgan fingerprint density at radius 2 is 1.41 bits per heavy atom. The minimum Gasteiger partial charge on any atom is -0.411 e. The van der Waals surface area contributed by atoms with Crippen molar-refractivity contribution in [3.05, 3.63) is 29.8 Å². The molecule has 2 aliphatic heterocycles. The number of hydrogen-bond acceptors (Lipinski definition) is 5. The predicted octanol–water partition coefficient (Wildman–Crippen LogP) is 2.39. The summed E-state index contributed by atoms with van der Waals surface area (Å²) in [5.41, 5.74) is -1.92. The van der Waals surface area contributed by atoms with E-state index in [1.807, 2.05) is 41.5 Å². The van der Waals surface area contributed by atoms with Crippen LogP contribution in [0.2, 0.25) is 0 Å². The largest absolute Gasteiger partial charge is 0.494 e. The summed E-state index contributed by atoms with van der Waals surface area (Å²) in [5.74, 6) is 0. The van der Waals surface area contributed by atoms with Crippen molar-refractivity contribution in [3.63, 3.8) is 0 Å². The number of alkyl halides is 2. The normalized spacial score (nSPS) is 32.2. The lowest BCUT2D eigenvalue weighted by Gasteiger charge is -2.46. The fraction of sp³-hybridized carbons (Fsp3) is 0.684. The molecule has 2 heterocycles. The van der Waals surface area contributed by atoms with Gasteiger partial charge in [0.15, 0.2) is 0 Å². The fourth-order valence-electron chi connectivity index (χ4n) is 3.92. The summed E-state index contributed by atoms with van der Waals surface area (Å²) in [6, 6.07) is 6.17. The van der Waals surface area contributed by atoms with Gasteiger partial charge in [-0.05, 0) is 52.6 Å². The SMILES string of the molecule is [B]B1OC(C)(C)C(C)(CC2(C)OB(c3ccc(C(O)C(F)F)cc3)OC2(C)C)O1. The molecule has 2 fully saturated rings. The molecule has 0 spiro atoms. The molecular weight excluding hydrogens is 379 g/mol. The van der Waals surface area contributed by atoms with Crippen LogP contribution in [0.5, 0.6) is 0 Å². The van der Waals surface area contributed by atoms with Crippen LogP contribution >= 0.6 is 0 Å². The highest BCUT2D eigenvalue weighted by Crippen LogP contribution is 2.48. The molecule has 1 aromatic rings. The van der Waals surface area contributed by atoms with E-state index in [0.717, 1.165) is 0 Å². The van der Waals surface area contributed by atoms with Crippen LogP contribution < -0.4 is 5.46 Å². The molecule has 3 unspecified atom stereocenters. The maximum Gasteiger partial charge on any atom is 0.494 e. The van der Waals surface area contributed by atoms with Gasteiger partial charge in [-0.15, -0.1) is 0 Å². The zero-order chi connectivity index (χ0) is 21.8. The zero-order valence-corrected chi connectivity index (χ0v) is 17.7. The molecule has 1 N–H and O–H groups in total. The Hall–Kier alpha value is -0.925. The highest BCUT2D eigenvalue weighted by Gasteiger charge is 2.61. The lowest BCUT2D eigenvalue weighted by atomic mass is 9.63. The molecule has 29 heavy (non-hydrogen) atoms. The minimum absolute atomic E-state index is 0.142. The molecule has 2 saturated heterocycles. The summed E-state index contributed by atoms with van der Waals surface area (Å²) in [6.45, 7) is 11.6. The van der Waals surface area contributed by atoms with E-state index >= 15 is 0 Å². The number of halogens is 2. The van der Waals surface area contributed by atoms with E-state index in [1.165, 1.54) is 12.1 Å². The molecule has 3 atom stereocenters. The number of aliphatic hydroxyl groups is 1. The van der Waals surface area contributed by atoms with Crippen molar-refractivity contribution in [2.24, 2.45) is 0 Å². The Bertz CT molecular complexity index is 748.